The van der Waals surface area contributed by atoms with Crippen molar-refractivity contribution in [3.8, 4) is 0 Å². The van der Waals surface area contributed by atoms with Crippen LogP contribution in [-0.4, -0.2) is 41.8 Å². The van der Waals surface area contributed by atoms with Gasteiger partial charge < -0.3 is 9.84 Å². The zero-order valence-corrected chi connectivity index (χ0v) is 13.2. The monoisotopic (exact) mass is 289 g/mol. The molecule has 0 saturated carbocycles. The SMILES string of the molecule is CC1(C)C[C@@H](CN2CC[C@](O)(c3ccccc3)C2)CCO1. The molecule has 2 saturated heterocycles. The van der Waals surface area contributed by atoms with Crippen molar-refractivity contribution in [1.29, 1.82) is 0 Å². The van der Waals surface area contributed by atoms with Crippen LogP contribution in [0, 0.1) is 5.92 Å². The van der Waals surface area contributed by atoms with Crippen LogP contribution >= 0.6 is 0 Å². The number of benzene rings is 1. The molecule has 0 bridgehead atoms. The van der Waals surface area contributed by atoms with Gasteiger partial charge in [-0.1, -0.05) is 30.3 Å². The van der Waals surface area contributed by atoms with Gasteiger partial charge in [0.15, 0.2) is 0 Å². The number of aliphatic hydroxyl groups is 1. The molecule has 2 heterocycles. The third kappa shape index (κ3) is 3.47. The quantitative estimate of drug-likeness (QED) is 0.929. The second-order valence-electron chi connectivity index (χ2n) is 7.35. The van der Waals surface area contributed by atoms with Gasteiger partial charge in [-0.25, -0.2) is 0 Å². The van der Waals surface area contributed by atoms with E-state index < -0.39 is 5.60 Å². The van der Waals surface area contributed by atoms with E-state index in [9.17, 15) is 5.11 Å². The molecule has 0 aromatic heterocycles. The van der Waals surface area contributed by atoms with Gasteiger partial charge in [0.05, 0.1) is 5.60 Å². The van der Waals surface area contributed by atoms with Crippen molar-refractivity contribution in [2.24, 2.45) is 5.92 Å². The normalized spacial score (nSPS) is 33.2. The number of nitrogens with zero attached hydrogens (tertiary/aromatic N) is 1. The third-order valence-corrected chi connectivity index (χ3v) is 4.95. The Hall–Kier alpha value is -0.900. The van der Waals surface area contributed by atoms with E-state index in [4.69, 9.17) is 4.74 Å². The predicted molar refractivity (Wildman–Crippen MR) is 84.2 cm³/mol. The van der Waals surface area contributed by atoms with Gasteiger partial charge in [0, 0.05) is 26.2 Å². The Kier molecular flexibility index (Phi) is 4.08. The van der Waals surface area contributed by atoms with Gasteiger partial charge >= 0.3 is 0 Å². The lowest BCUT2D eigenvalue weighted by Gasteiger charge is -2.37. The molecule has 1 aromatic carbocycles. The fraction of sp³-hybridized carbons (Fsp3) is 0.667. The van der Waals surface area contributed by atoms with Gasteiger partial charge in [-0.15, -0.1) is 0 Å². The van der Waals surface area contributed by atoms with Crippen LogP contribution in [0.1, 0.15) is 38.7 Å². The number of rotatable bonds is 3. The van der Waals surface area contributed by atoms with Crippen molar-refractivity contribution >= 4 is 0 Å². The summed E-state index contributed by atoms with van der Waals surface area (Å²) >= 11 is 0. The maximum atomic E-state index is 10.9. The zero-order chi connectivity index (χ0) is 14.9. The standard InChI is InChI=1S/C18H27NO2/c1-17(2)12-15(8-11-21-17)13-19-10-9-18(20,14-19)16-6-4-3-5-7-16/h3-7,15,20H,8-14H2,1-2H3/t15-,18+/m0/s1. The van der Waals surface area contributed by atoms with Gasteiger partial charge in [0.25, 0.3) is 0 Å². The largest absolute Gasteiger partial charge is 0.384 e. The maximum Gasteiger partial charge on any atom is 0.103 e. The predicted octanol–water partition coefficient (Wildman–Crippen LogP) is 2.79. The van der Waals surface area contributed by atoms with Crippen LogP contribution in [-0.2, 0) is 10.3 Å². The van der Waals surface area contributed by atoms with E-state index in [0.717, 1.165) is 51.1 Å². The third-order valence-electron chi connectivity index (χ3n) is 4.95. The molecule has 21 heavy (non-hydrogen) atoms. The molecule has 2 atom stereocenters. The van der Waals surface area contributed by atoms with Crippen molar-refractivity contribution in [3.63, 3.8) is 0 Å². The van der Waals surface area contributed by atoms with Gasteiger partial charge in [-0.05, 0) is 44.6 Å². The first-order valence-corrected chi connectivity index (χ1v) is 8.11. The van der Waals surface area contributed by atoms with Crippen molar-refractivity contribution in [2.75, 3.05) is 26.2 Å². The molecule has 2 aliphatic heterocycles. The van der Waals surface area contributed by atoms with E-state index in [2.05, 4.69) is 18.7 Å². The van der Waals surface area contributed by atoms with Crippen LogP contribution in [0.3, 0.4) is 0 Å². The molecule has 0 spiro atoms. The first-order chi connectivity index (χ1) is 9.97. The molecule has 116 valence electrons. The lowest BCUT2D eigenvalue weighted by molar-refractivity contribution is -0.0768. The minimum Gasteiger partial charge on any atom is -0.384 e. The second kappa shape index (κ2) is 5.71. The summed E-state index contributed by atoms with van der Waals surface area (Å²) in [4.78, 5) is 2.43. The van der Waals surface area contributed by atoms with Crippen LogP contribution in [0.4, 0.5) is 0 Å². The minimum absolute atomic E-state index is 0.0123. The summed E-state index contributed by atoms with van der Waals surface area (Å²) in [5, 5.41) is 10.9. The highest BCUT2D eigenvalue weighted by atomic mass is 16.5. The molecule has 1 N–H and O–H groups in total. The molecule has 0 unspecified atom stereocenters. The first-order valence-electron chi connectivity index (χ1n) is 8.11. The van der Waals surface area contributed by atoms with Crippen LogP contribution in [0.2, 0.25) is 0 Å². The molecular weight excluding hydrogens is 262 g/mol. The molecule has 0 radical (unpaired) electrons. The van der Waals surface area contributed by atoms with Gasteiger partial charge in [0.2, 0.25) is 0 Å². The average molecular weight is 289 g/mol. The summed E-state index contributed by atoms with van der Waals surface area (Å²) in [5.41, 5.74) is 0.403. The topological polar surface area (TPSA) is 32.7 Å². The molecule has 3 heteroatoms. The molecule has 3 rings (SSSR count). The summed E-state index contributed by atoms with van der Waals surface area (Å²) < 4.78 is 5.80. The molecule has 2 aliphatic rings. The summed E-state index contributed by atoms with van der Waals surface area (Å²) in [7, 11) is 0. The minimum atomic E-state index is -0.665. The lowest BCUT2D eigenvalue weighted by Crippen LogP contribution is -2.40. The van der Waals surface area contributed by atoms with E-state index in [0.29, 0.717) is 5.92 Å². The smallest absolute Gasteiger partial charge is 0.103 e. The highest BCUT2D eigenvalue weighted by molar-refractivity contribution is 5.24. The fourth-order valence-corrected chi connectivity index (χ4v) is 3.89. The van der Waals surface area contributed by atoms with Crippen molar-refractivity contribution in [2.45, 2.75) is 44.3 Å². The summed E-state index contributed by atoms with van der Waals surface area (Å²) in [5.74, 6) is 0.687. The van der Waals surface area contributed by atoms with Crippen LogP contribution in [0.5, 0.6) is 0 Å². The van der Waals surface area contributed by atoms with E-state index in [1.165, 1.54) is 0 Å². The highest BCUT2D eigenvalue weighted by Gasteiger charge is 2.39. The number of ether oxygens (including phenoxy) is 1. The number of hydrogen-bond donors (Lipinski definition) is 1. The summed E-state index contributed by atoms with van der Waals surface area (Å²) in [6.45, 7) is 8.07. The summed E-state index contributed by atoms with van der Waals surface area (Å²) in [6.07, 6.45) is 3.10. The van der Waals surface area contributed by atoms with Crippen LogP contribution in [0.15, 0.2) is 30.3 Å². The van der Waals surface area contributed by atoms with Crippen LogP contribution < -0.4 is 0 Å². The Morgan fingerprint density at radius 2 is 2.05 bits per heavy atom. The van der Waals surface area contributed by atoms with Crippen molar-refractivity contribution in [1.82, 2.24) is 4.90 Å². The Bertz CT molecular complexity index is 473. The Balaban J connectivity index is 1.60. The molecular formula is C18H27NO2. The zero-order valence-electron chi connectivity index (χ0n) is 13.2. The van der Waals surface area contributed by atoms with E-state index in [-0.39, 0.29) is 5.60 Å². The average Bonchev–Trinajstić information content (AvgIpc) is 2.81. The molecule has 3 nitrogen and oxygen atoms in total. The second-order valence-corrected chi connectivity index (χ2v) is 7.35. The fourth-order valence-electron chi connectivity index (χ4n) is 3.89. The first kappa shape index (κ1) is 15.0. The molecule has 2 fully saturated rings. The number of hydrogen-bond acceptors (Lipinski definition) is 3. The maximum absolute atomic E-state index is 10.9. The molecule has 0 amide bonds. The van der Waals surface area contributed by atoms with E-state index in [1.54, 1.807) is 0 Å². The molecule has 0 aliphatic carbocycles. The van der Waals surface area contributed by atoms with E-state index >= 15 is 0 Å². The number of likely N-dealkylation sites (tertiary alicyclic amines) is 1. The van der Waals surface area contributed by atoms with E-state index in [1.807, 2.05) is 30.3 Å². The Morgan fingerprint density at radius 3 is 2.76 bits per heavy atom. The highest BCUT2D eigenvalue weighted by Crippen LogP contribution is 2.34. The Morgan fingerprint density at radius 1 is 1.29 bits per heavy atom. The number of β-amino-alcohol motifs (C(OH)–C–C–N with tert-alkyl or cyclic N) is 1. The lowest BCUT2D eigenvalue weighted by atomic mass is 9.88. The van der Waals surface area contributed by atoms with Crippen molar-refractivity contribution in [3.05, 3.63) is 35.9 Å². The Labute approximate surface area is 127 Å². The van der Waals surface area contributed by atoms with Gasteiger partial charge in [0.1, 0.15) is 5.60 Å². The van der Waals surface area contributed by atoms with Gasteiger partial charge in [-0.3, -0.25) is 4.90 Å². The molecule has 1 aromatic rings. The van der Waals surface area contributed by atoms with Crippen molar-refractivity contribution < 1.29 is 9.84 Å². The van der Waals surface area contributed by atoms with Gasteiger partial charge in [-0.2, -0.15) is 0 Å². The summed E-state index contributed by atoms with van der Waals surface area (Å²) in [6, 6.07) is 10.1. The van der Waals surface area contributed by atoms with Crippen LogP contribution in [0.25, 0.3) is 0 Å².